The number of esters is 1. The van der Waals surface area contributed by atoms with E-state index < -0.39 is 17.2 Å². The number of amides is 1. The fraction of sp³-hybridized carbons (Fsp3) is 0.667. The van der Waals surface area contributed by atoms with Crippen LogP contribution in [0.2, 0.25) is 0 Å². The molecule has 2 aromatic heterocycles. The van der Waals surface area contributed by atoms with Crippen LogP contribution in [0.15, 0.2) is 15.6 Å². The van der Waals surface area contributed by atoms with Crippen molar-refractivity contribution < 1.29 is 19.1 Å². The first-order valence-corrected chi connectivity index (χ1v) is 14.0. The fourth-order valence-electron chi connectivity index (χ4n) is 4.14. The number of hydrogen-bond acceptors (Lipinski definition) is 8. The molecule has 3 rings (SSSR count). The Kier molecular flexibility index (Phi) is 10.7. The van der Waals surface area contributed by atoms with E-state index >= 15 is 0 Å². The van der Waals surface area contributed by atoms with E-state index in [1.165, 1.54) is 6.20 Å². The van der Waals surface area contributed by atoms with Gasteiger partial charge in [-0.2, -0.15) is 0 Å². The number of halogens is 1. The summed E-state index contributed by atoms with van der Waals surface area (Å²) in [4.78, 5) is 51.6. The van der Waals surface area contributed by atoms with E-state index in [-0.39, 0.29) is 23.6 Å². The number of nitrogens with zero attached hydrogens (tertiary/aromatic N) is 5. The zero-order valence-corrected chi connectivity index (χ0v) is 25.8. The Morgan fingerprint density at radius 2 is 1.58 bits per heavy atom. The summed E-state index contributed by atoms with van der Waals surface area (Å²) in [5.74, 6) is -0.421. The van der Waals surface area contributed by atoms with Crippen molar-refractivity contribution in [2.45, 2.75) is 92.9 Å². The molecule has 38 heavy (non-hydrogen) atoms. The molecule has 10 nitrogen and oxygen atoms in total. The summed E-state index contributed by atoms with van der Waals surface area (Å²) in [6.45, 7) is 18.6. The van der Waals surface area contributed by atoms with E-state index in [9.17, 15) is 14.4 Å². The van der Waals surface area contributed by atoms with Crippen molar-refractivity contribution in [2.75, 3.05) is 31.1 Å². The van der Waals surface area contributed by atoms with Gasteiger partial charge in [0.2, 0.25) is 5.43 Å². The summed E-state index contributed by atoms with van der Waals surface area (Å²) in [5, 5.41) is 0. The molecule has 1 fully saturated rings. The molecule has 0 atom stereocenters. The minimum Gasteiger partial charge on any atom is -0.459 e. The minimum absolute atomic E-state index is 0.0927. The van der Waals surface area contributed by atoms with Gasteiger partial charge in [-0.15, -0.1) is 0 Å². The van der Waals surface area contributed by atoms with Crippen LogP contribution in [0.5, 0.6) is 0 Å². The van der Waals surface area contributed by atoms with Gasteiger partial charge in [0.15, 0.2) is 11.2 Å². The highest BCUT2D eigenvalue weighted by molar-refractivity contribution is 9.10. The van der Waals surface area contributed by atoms with Crippen LogP contribution in [0, 0.1) is 0 Å². The Hall–Kier alpha value is -2.69. The molecule has 0 N–H and O–H groups in total. The maximum atomic E-state index is 13.7. The zero-order chi connectivity index (χ0) is 28.8. The monoisotopic (exact) mass is 595 g/mol. The quantitative estimate of drug-likeness (QED) is 0.448. The molecule has 0 unspecified atom stereocenters. The van der Waals surface area contributed by atoms with E-state index in [2.05, 4.69) is 25.9 Å². The van der Waals surface area contributed by atoms with Crippen LogP contribution in [-0.2, 0) is 27.2 Å². The van der Waals surface area contributed by atoms with Gasteiger partial charge in [0, 0.05) is 31.9 Å². The van der Waals surface area contributed by atoms with E-state index in [0.717, 1.165) is 6.42 Å². The third kappa shape index (κ3) is 8.15. The highest BCUT2D eigenvalue weighted by atomic mass is 79.9. The van der Waals surface area contributed by atoms with Crippen LogP contribution in [0.25, 0.3) is 11.2 Å². The van der Waals surface area contributed by atoms with E-state index in [4.69, 9.17) is 9.47 Å². The summed E-state index contributed by atoms with van der Waals surface area (Å²) >= 11 is 3.31. The molecule has 0 aliphatic carbocycles. The van der Waals surface area contributed by atoms with Crippen molar-refractivity contribution in [2.24, 2.45) is 0 Å². The molecule has 0 saturated carbocycles. The van der Waals surface area contributed by atoms with Gasteiger partial charge in [-0.3, -0.25) is 9.59 Å². The number of anilines is 1. The second-order valence-electron chi connectivity index (χ2n) is 10.9. The lowest BCUT2D eigenvalue weighted by Crippen LogP contribution is -2.51. The highest BCUT2D eigenvalue weighted by Gasteiger charge is 2.30. The smallest absolute Gasteiger partial charge is 0.410 e. The zero-order valence-electron chi connectivity index (χ0n) is 24.2. The van der Waals surface area contributed by atoms with Crippen molar-refractivity contribution >= 4 is 44.8 Å². The van der Waals surface area contributed by atoms with Gasteiger partial charge in [-0.05, 0) is 63.9 Å². The Balaban J connectivity index is 0.00000247. The van der Waals surface area contributed by atoms with Crippen molar-refractivity contribution in [3.8, 4) is 0 Å². The predicted octanol–water partition coefficient (Wildman–Crippen LogP) is 4.93. The Morgan fingerprint density at radius 3 is 2.11 bits per heavy atom. The van der Waals surface area contributed by atoms with Gasteiger partial charge >= 0.3 is 12.1 Å². The number of carbonyl (C=O) groups excluding carboxylic acids is 2. The Labute approximate surface area is 233 Å². The van der Waals surface area contributed by atoms with Crippen LogP contribution in [-0.4, -0.2) is 68.9 Å². The Morgan fingerprint density at radius 1 is 1.00 bits per heavy atom. The van der Waals surface area contributed by atoms with E-state index in [0.29, 0.717) is 54.2 Å². The number of ether oxygens (including phenoxy) is 2. The van der Waals surface area contributed by atoms with Crippen molar-refractivity contribution in [1.29, 1.82) is 0 Å². The molecule has 2 aromatic rings. The number of pyridine rings is 1. The third-order valence-electron chi connectivity index (χ3n) is 5.45. The summed E-state index contributed by atoms with van der Waals surface area (Å²) in [7, 11) is 0. The second-order valence-corrected chi connectivity index (χ2v) is 11.7. The van der Waals surface area contributed by atoms with Crippen molar-refractivity contribution in [1.82, 2.24) is 19.4 Å². The average molecular weight is 597 g/mol. The number of rotatable bonds is 5. The molecule has 1 amide bonds. The standard InChI is InChI=1S/C25H36BrN5O5.C2H6/c1-8-9-16-20(29-10-12-30(13-11-29)23(34)36-25(5,6)7)21(33)19-22(27-14-17(26)28-19)31(16)15-18(32)35-24(2,3)4;1-2/h14H,8-13,15H2,1-7H3;1-2H3. The van der Waals surface area contributed by atoms with Gasteiger partial charge in [-0.25, -0.2) is 14.8 Å². The molecule has 0 radical (unpaired) electrons. The third-order valence-corrected chi connectivity index (χ3v) is 5.83. The first kappa shape index (κ1) is 31.5. The average Bonchev–Trinajstić information content (AvgIpc) is 2.81. The van der Waals surface area contributed by atoms with Gasteiger partial charge in [0.25, 0.3) is 0 Å². The molecule has 0 bridgehead atoms. The molecule has 11 heteroatoms. The topological polar surface area (TPSA) is 107 Å². The minimum atomic E-state index is -0.646. The molecular weight excluding hydrogens is 554 g/mol. The molecule has 212 valence electrons. The predicted molar refractivity (Wildman–Crippen MR) is 153 cm³/mol. The normalized spacial score (nSPS) is 14.2. The van der Waals surface area contributed by atoms with Crippen molar-refractivity contribution in [3.05, 3.63) is 26.7 Å². The maximum Gasteiger partial charge on any atom is 0.410 e. The van der Waals surface area contributed by atoms with Crippen LogP contribution in [0.1, 0.15) is 74.4 Å². The lowest BCUT2D eigenvalue weighted by molar-refractivity contribution is -0.155. The number of carbonyl (C=O) groups is 2. The van der Waals surface area contributed by atoms with Crippen molar-refractivity contribution in [3.63, 3.8) is 0 Å². The number of hydrogen-bond donors (Lipinski definition) is 0. The first-order valence-electron chi connectivity index (χ1n) is 13.2. The summed E-state index contributed by atoms with van der Waals surface area (Å²) in [5.41, 5.74) is 0.251. The van der Waals surface area contributed by atoms with Gasteiger partial charge < -0.3 is 23.8 Å². The van der Waals surface area contributed by atoms with Crippen LogP contribution < -0.4 is 10.3 Å². The molecule has 1 saturated heterocycles. The highest BCUT2D eigenvalue weighted by Crippen LogP contribution is 2.25. The largest absolute Gasteiger partial charge is 0.459 e. The van der Waals surface area contributed by atoms with Crippen LogP contribution >= 0.6 is 15.9 Å². The lowest BCUT2D eigenvalue weighted by atomic mass is 10.1. The fourth-order valence-corrected chi connectivity index (χ4v) is 4.42. The number of piperazine rings is 1. The second kappa shape index (κ2) is 12.9. The number of aromatic nitrogens is 3. The van der Waals surface area contributed by atoms with Gasteiger partial charge in [0.1, 0.15) is 28.0 Å². The summed E-state index contributed by atoms with van der Waals surface area (Å²) in [6, 6.07) is 0. The van der Waals surface area contributed by atoms with E-state index in [1.807, 2.05) is 67.2 Å². The molecule has 0 aromatic carbocycles. The Bertz CT molecular complexity index is 1190. The summed E-state index contributed by atoms with van der Waals surface area (Å²) < 4.78 is 13.3. The maximum absolute atomic E-state index is 13.7. The molecular formula is C27H42BrN5O5. The molecule has 1 aliphatic rings. The lowest BCUT2D eigenvalue weighted by Gasteiger charge is -2.37. The van der Waals surface area contributed by atoms with Crippen LogP contribution in [0.3, 0.4) is 0 Å². The van der Waals surface area contributed by atoms with E-state index in [1.54, 1.807) is 9.47 Å². The molecule has 1 aliphatic heterocycles. The van der Waals surface area contributed by atoms with Crippen LogP contribution in [0.4, 0.5) is 10.5 Å². The molecule has 0 spiro atoms. The molecule has 3 heterocycles. The van der Waals surface area contributed by atoms with Gasteiger partial charge in [-0.1, -0.05) is 27.2 Å². The SMILES string of the molecule is CC.CCCc1c(N2CCN(C(=O)OC(C)(C)C)CC2)c(=O)c2nc(Br)cnc2n1CC(=O)OC(C)(C)C. The first-order chi connectivity index (χ1) is 17.7. The summed E-state index contributed by atoms with van der Waals surface area (Å²) in [6.07, 6.45) is 2.47. The van der Waals surface area contributed by atoms with Gasteiger partial charge in [0.05, 0.1) is 6.20 Å². The number of fused-ring (bicyclic) bond motifs is 1.